The topological polar surface area (TPSA) is 89.6 Å². The van der Waals surface area contributed by atoms with Gasteiger partial charge in [-0.05, 0) is 37.4 Å². The van der Waals surface area contributed by atoms with E-state index in [-0.39, 0.29) is 11.8 Å². The van der Waals surface area contributed by atoms with Crippen molar-refractivity contribution in [2.75, 3.05) is 23.8 Å². The van der Waals surface area contributed by atoms with Gasteiger partial charge < -0.3 is 20.1 Å². The van der Waals surface area contributed by atoms with E-state index in [1.807, 2.05) is 37.4 Å². The van der Waals surface area contributed by atoms with Crippen molar-refractivity contribution in [3.8, 4) is 21.4 Å². The Bertz CT molecular complexity index is 1270. The zero-order valence-corrected chi connectivity index (χ0v) is 20.3. The summed E-state index contributed by atoms with van der Waals surface area (Å²) in [6, 6.07) is 16.1. The second-order valence-electron chi connectivity index (χ2n) is 6.99. The van der Waals surface area contributed by atoms with Crippen LogP contribution in [0.1, 0.15) is 33.9 Å². The molecule has 174 valence electrons. The second-order valence-corrected chi connectivity index (χ2v) is 8.97. The van der Waals surface area contributed by atoms with Crippen LogP contribution in [-0.2, 0) is 0 Å². The third-order valence-electron chi connectivity index (χ3n) is 4.68. The van der Waals surface area contributed by atoms with Gasteiger partial charge in [-0.2, -0.15) is 0 Å². The Labute approximate surface area is 205 Å². The fourth-order valence-corrected chi connectivity index (χ4v) is 4.78. The molecule has 0 saturated heterocycles. The normalized spacial score (nSPS) is 10.5. The van der Waals surface area contributed by atoms with Crippen LogP contribution in [0.5, 0.6) is 11.5 Å². The molecule has 0 atom stereocenters. The number of nitrogens with one attached hydrogen (secondary N) is 2. The molecule has 2 N–H and O–H groups in total. The Morgan fingerprint density at radius 3 is 2.12 bits per heavy atom. The average molecular weight is 494 g/mol. The van der Waals surface area contributed by atoms with Crippen LogP contribution in [0.3, 0.4) is 0 Å². The molecule has 0 saturated carbocycles. The van der Waals surface area contributed by atoms with Gasteiger partial charge in [-0.25, -0.2) is 4.98 Å². The maximum Gasteiger partial charge on any atom is 0.267 e. The molecule has 0 aliphatic carbocycles. The molecule has 0 spiro atoms. The van der Waals surface area contributed by atoms with Gasteiger partial charge in [-0.3, -0.25) is 9.59 Å². The van der Waals surface area contributed by atoms with Crippen LogP contribution in [0.25, 0.3) is 9.88 Å². The van der Waals surface area contributed by atoms with E-state index in [0.29, 0.717) is 46.5 Å². The summed E-state index contributed by atoms with van der Waals surface area (Å²) in [5.41, 5.74) is 1.42. The minimum absolute atomic E-state index is 0.272. The van der Waals surface area contributed by atoms with E-state index in [2.05, 4.69) is 15.6 Å². The van der Waals surface area contributed by atoms with Crippen LogP contribution in [-0.4, -0.2) is 30.0 Å². The molecule has 9 heteroatoms. The van der Waals surface area contributed by atoms with Crippen LogP contribution >= 0.6 is 22.7 Å². The Morgan fingerprint density at radius 2 is 1.53 bits per heavy atom. The van der Waals surface area contributed by atoms with E-state index < -0.39 is 0 Å². The molecule has 2 heterocycles. The lowest BCUT2D eigenvalue weighted by Gasteiger charge is -2.17. The first-order valence-electron chi connectivity index (χ1n) is 10.7. The van der Waals surface area contributed by atoms with Gasteiger partial charge >= 0.3 is 0 Å². The fourth-order valence-electron chi connectivity index (χ4n) is 3.17. The third kappa shape index (κ3) is 5.44. The molecule has 0 fully saturated rings. The van der Waals surface area contributed by atoms with E-state index in [4.69, 9.17) is 9.47 Å². The molecule has 0 bridgehead atoms. The molecular weight excluding hydrogens is 470 g/mol. The number of anilines is 2. The van der Waals surface area contributed by atoms with Gasteiger partial charge in [0.05, 0.1) is 35.7 Å². The van der Waals surface area contributed by atoms with E-state index in [9.17, 15) is 9.59 Å². The summed E-state index contributed by atoms with van der Waals surface area (Å²) in [4.78, 5) is 31.5. The van der Waals surface area contributed by atoms with Gasteiger partial charge in [-0.1, -0.05) is 24.3 Å². The number of aromatic nitrogens is 1. The highest BCUT2D eigenvalue weighted by Crippen LogP contribution is 2.38. The summed E-state index contributed by atoms with van der Waals surface area (Å²) in [6.45, 7) is 4.46. The molecule has 0 unspecified atom stereocenters. The molecule has 2 aromatic carbocycles. The first-order valence-corrected chi connectivity index (χ1v) is 12.4. The zero-order valence-electron chi connectivity index (χ0n) is 18.7. The van der Waals surface area contributed by atoms with Crippen molar-refractivity contribution in [1.29, 1.82) is 0 Å². The maximum absolute atomic E-state index is 13.0. The molecule has 0 aliphatic heterocycles. The highest BCUT2D eigenvalue weighted by atomic mass is 32.1. The van der Waals surface area contributed by atoms with Crippen molar-refractivity contribution in [2.45, 2.75) is 13.8 Å². The van der Waals surface area contributed by atoms with Crippen LogP contribution in [0.4, 0.5) is 11.4 Å². The van der Waals surface area contributed by atoms with Crippen molar-refractivity contribution in [3.63, 3.8) is 0 Å². The Kier molecular flexibility index (Phi) is 7.56. The van der Waals surface area contributed by atoms with E-state index in [1.165, 1.54) is 11.3 Å². The van der Waals surface area contributed by atoms with Crippen LogP contribution < -0.4 is 20.1 Å². The van der Waals surface area contributed by atoms with Crippen molar-refractivity contribution in [1.82, 2.24) is 4.98 Å². The predicted octanol–water partition coefficient (Wildman–Crippen LogP) is 6.17. The zero-order chi connectivity index (χ0) is 23.9. The number of hydrogen-bond donors (Lipinski definition) is 2. The van der Waals surface area contributed by atoms with E-state index >= 15 is 0 Å². The Hall–Kier alpha value is -3.69. The number of carbonyl (C=O) groups is 2. The van der Waals surface area contributed by atoms with Crippen molar-refractivity contribution < 1.29 is 19.1 Å². The first kappa shape index (κ1) is 23.5. The Balaban J connectivity index is 1.60. The number of hydrogen-bond acceptors (Lipinski definition) is 7. The largest absolute Gasteiger partial charge is 0.492 e. The summed E-state index contributed by atoms with van der Waals surface area (Å²) in [6.07, 6.45) is 1.56. The second kappa shape index (κ2) is 11.0. The van der Waals surface area contributed by atoms with Crippen LogP contribution in [0.2, 0.25) is 0 Å². The van der Waals surface area contributed by atoms with Gasteiger partial charge in [0, 0.05) is 17.7 Å². The van der Waals surface area contributed by atoms with Crippen LogP contribution in [0.15, 0.2) is 66.2 Å². The summed E-state index contributed by atoms with van der Waals surface area (Å²) in [7, 11) is 0. The van der Waals surface area contributed by atoms with Crippen molar-refractivity contribution in [2.24, 2.45) is 0 Å². The number of carbonyl (C=O) groups excluding carboxylic acids is 2. The van der Waals surface area contributed by atoms with Crippen LogP contribution in [0, 0.1) is 0 Å². The lowest BCUT2D eigenvalue weighted by atomic mass is 10.2. The molecule has 7 nitrogen and oxygen atoms in total. The lowest BCUT2D eigenvalue weighted by Crippen LogP contribution is -2.15. The predicted molar refractivity (Wildman–Crippen MR) is 137 cm³/mol. The van der Waals surface area contributed by atoms with Gasteiger partial charge in [0.15, 0.2) is 0 Å². The number of rotatable bonds is 9. The minimum atomic E-state index is -0.301. The highest BCUT2D eigenvalue weighted by molar-refractivity contribution is 7.22. The molecule has 2 amide bonds. The average Bonchev–Trinajstić information content (AvgIpc) is 3.55. The molecule has 0 aliphatic rings. The minimum Gasteiger partial charge on any atom is -0.492 e. The SMILES string of the molecule is CCOc1cc(NC(=O)c2cnc(-c3cccs3)s2)c(OCC)cc1NC(=O)c1ccccc1. The smallest absolute Gasteiger partial charge is 0.267 e. The molecule has 34 heavy (non-hydrogen) atoms. The van der Waals surface area contributed by atoms with E-state index in [0.717, 1.165) is 9.88 Å². The molecule has 0 radical (unpaired) electrons. The van der Waals surface area contributed by atoms with Gasteiger partial charge in [0.25, 0.3) is 11.8 Å². The van der Waals surface area contributed by atoms with Gasteiger partial charge in [-0.15, -0.1) is 22.7 Å². The van der Waals surface area contributed by atoms with Crippen molar-refractivity contribution in [3.05, 3.63) is 76.6 Å². The fraction of sp³-hybridized carbons (Fsp3) is 0.160. The highest BCUT2D eigenvalue weighted by Gasteiger charge is 2.19. The van der Waals surface area contributed by atoms with E-state index in [1.54, 1.807) is 53.9 Å². The quantitative estimate of drug-likeness (QED) is 0.291. The lowest BCUT2D eigenvalue weighted by molar-refractivity contribution is 0.101. The summed E-state index contributed by atoms with van der Waals surface area (Å²) >= 11 is 2.89. The number of ether oxygens (including phenoxy) is 2. The summed E-state index contributed by atoms with van der Waals surface area (Å²) in [5, 5.41) is 8.54. The van der Waals surface area contributed by atoms with Crippen molar-refractivity contribution >= 4 is 45.9 Å². The molecule has 2 aromatic heterocycles. The number of amides is 2. The maximum atomic E-state index is 13.0. The first-order chi connectivity index (χ1) is 16.6. The number of benzene rings is 2. The standard InChI is InChI=1S/C25H23N3O4S2/c1-3-31-19-14-18(28-24(30)22-15-26-25(34-22)21-11-8-12-33-21)20(32-4-2)13-17(19)27-23(29)16-9-6-5-7-10-16/h5-15H,3-4H2,1-2H3,(H,27,29)(H,28,30). The summed E-state index contributed by atoms with van der Waals surface area (Å²) in [5.74, 6) is 0.274. The van der Waals surface area contributed by atoms with Gasteiger partial charge in [0.1, 0.15) is 21.4 Å². The van der Waals surface area contributed by atoms with Gasteiger partial charge in [0.2, 0.25) is 0 Å². The third-order valence-corrected chi connectivity index (χ3v) is 6.71. The number of thiophene rings is 1. The Morgan fingerprint density at radius 1 is 0.882 bits per heavy atom. The monoisotopic (exact) mass is 493 g/mol. The molecule has 4 aromatic rings. The molecule has 4 rings (SSSR count). The number of thiazole rings is 1. The summed E-state index contributed by atoms with van der Waals surface area (Å²) < 4.78 is 11.5. The molecular formula is C25H23N3O4S2. The number of nitrogens with zero attached hydrogens (tertiary/aromatic N) is 1.